The summed E-state index contributed by atoms with van der Waals surface area (Å²) >= 11 is 0. The number of nitrogens with zero attached hydrogens (tertiary/aromatic N) is 2. The van der Waals surface area contributed by atoms with Gasteiger partial charge in [-0.1, -0.05) is 30.3 Å². The molecule has 204 valence electrons. The van der Waals surface area contributed by atoms with Gasteiger partial charge >= 0.3 is 0 Å². The van der Waals surface area contributed by atoms with Crippen LogP contribution in [0.25, 0.3) is 10.9 Å². The molecular formula is C28H32ClN7O3. The number of nitrogens with two attached hydrogens (primary N) is 1. The summed E-state index contributed by atoms with van der Waals surface area (Å²) in [6, 6.07) is 18.2. The maximum absolute atomic E-state index is 13.4. The molecule has 0 bridgehead atoms. The molecule has 10 nitrogen and oxygen atoms in total. The van der Waals surface area contributed by atoms with Crippen molar-refractivity contribution in [3.8, 4) is 5.75 Å². The van der Waals surface area contributed by atoms with Crippen LogP contribution in [-0.2, 0) is 22.6 Å². The number of H-pyrrole nitrogens is 1. The van der Waals surface area contributed by atoms with Crippen molar-refractivity contribution >= 4 is 41.3 Å². The van der Waals surface area contributed by atoms with Crippen molar-refractivity contribution in [1.29, 1.82) is 0 Å². The third-order valence-electron chi connectivity index (χ3n) is 6.06. The molecule has 0 fully saturated rings. The van der Waals surface area contributed by atoms with E-state index in [1.54, 1.807) is 25.7 Å². The van der Waals surface area contributed by atoms with Crippen LogP contribution in [0.2, 0.25) is 0 Å². The van der Waals surface area contributed by atoms with Gasteiger partial charge in [-0.25, -0.2) is 0 Å². The summed E-state index contributed by atoms with van der Waals surface area (Å²) in [5.41, 5.74) is 4.36. The van der Waals surface area contributed by atoms with E-state index < -0.39 is 6.04 Å². The Morgan fingerprint density at radius 3 is 2.67 bits per heavy atom. The van der Waals surface area contributed by atoms with Gasteiger partial charge < -0.3 is 26.2 Å². The predicted molar refractivity (Wildman–Crippen MR) is 154 cm³/mol. The second-order valence-corrected chi connectivity index (χ2v) is 8.63. The van der Waals surface area contributed by atoms with Crippen molar-refractivity contribution in [1.82, 2.24) is 25.9 Å². The van der Waals surface area contributed by atoms with E-state index in [1.165, 1.54) is 0 Å². The van der Waals surface area contributed by atoms with Gasteiger partial charge in [0.25, 0.3) is 0 Å². The molecule has 39 heavy (non-hydrogen) atoms. The largest absolute Gasteiger partial charge is 0.497 e. The first-order chi connectivity index (χ1) is 18.6. The number of carbonyl (C=O) groups is 2. The summed E-state index contributed by atoms with van der Waals surface area (Å²) in [5, 5.41) is 13.3. The monoisotopic (exact) mass is 549 g/mol. The Kier molecular flexibility index (Phi) is 10.8. The lowest BCUT2D eigenvalue weighted by Gasteiger charge is -2.19. The van der Waals surface area contributed by atoms with Gasteiger partial charge in [0.2, 0.25) is 11.8 Å². The molecule has 1 atom stereocenters. The SMILES string of the molecule is COc1ccc2[nH]cc(C(NCc3ccc(C=NN)cc3)C(=O)NCC(=O)NCCc3ccccn3)c2c1.Cl. The van der Waals surface area contributed by atoms with Gasteiger partial charge in [0, 0.05) is 54.1 Å². The Labute approximate surface area is 232 Å². The zero-order valence-electron chi connectivity index (χ0n) is 21.5. The van der Waals surface area contributed by atoms with Crippen molar-refractivity contribution in [3.05, 3.63) is 95.4 Å². The van der Waals surface area contributed by atoms with Crippen LogP contribution in [0.5, 0.6) is 5.75 Å². The van der Waals surface area contributed by atoms with E-state index in [-0.39, 0.29) is 30.8 Å². The van der Waals surface area contributed by atoms with Gasteiger partial charge in [0.05, 0.1) is 19.9 Å². The van der Waals surface area contributed by atoms with Crippen LogP contribution >= 0.6 is 12.4 Å². The number of aromatic amines is 1. The van der Waals surface area contributed by atoms with Crippen LogP contribution in [0.1, 0.15) is 28.4 Å². The minimum absolute atomic E-state index is 0. The first kappa shape index (κ1) is 29.2. The number of amides is 2. The quantitative estimate of drug-likeness (QED) is 0.104. The lowest BCUT2D eigenvalue weighted by Crippen LogP contribution is -2.42. The van der Waals surface area contributed by atoms with E-state index in [0.717, 1.165) is 33.3 Å². The van der Waals surface area contributed by atoms with Crippen LogP contribution < -0.4 is 26.5 Å². The predicted octanol–water partition coefficient (Wildman–Crippen LogP) is 2.59. The third kappa shape index (κ3) is 8.03. The molecule has 0 aliphatic rings. The van der Waals surface area contributed by atoms with E-state index in [1.807, 2.05) is 60.7 Å². The number of carbonyl (C=O) groups excluding carboxylic acids is 2. The highest BCUT2D eigenvalue weighted by atomic mass is 35.5. The van der Waals surface area contributed by atoms with Crippen molar-refractivity contribution in [2.24, 2.45) is 10.9 Å². The van der Waals surface area contributed by atoms with Crippen molar-refractivity contribution in [2.45, 2.75) is 19.0 Å². The molecule has 4 aromatic rings. The summed E-state index contributed by atoms with van der Waals surface area (Å²) in [5.74, 6) is 5.31. The number of benzene rings is 2. The highest BCUT2D eigenvalue weighted by Gasteiger charge is 2.24. The lowest BCUT2D eigenvalue weighted by atomic mass is 10.0. The Hall–Kier alpha value is -4.41. The zero-order chi connectivity index (χ0) is 26.7. The van der Waals surface area contributed by atoms with Gasteiger partial charge in [-0.15, -0.1) is 12.4 Å². The fraction of sp³-hybridized carbons (Fsp3) is 0.214. The maximum Gasteiger partial charge on any atom is 0.242 e. The van der Waals surface area contributed by atoms with E-state index >= 15 is 0 Å². The number of rotatable bonds is 12. The lowest BCUT2D eigenvalue weighted by molar-refractivity contribution is -0.127. The second-order valence-electron chi connectivity index (χ2n) is 8.63. The topological polar surface area (TPSA) is 147 Å². The second kappa shape index (κ2) is 14.5. The summed E-state index contributed by atoms with van der Waals surface area (Å²) in [7, 11) is 1.60. The van der Waals surface area contributed by atoms with E-state index in [4.69, 9.17) is 10.6 Å². The highest BCUT2D eigenvalue weighted by molar-refractivity contribution is 5.94. The van der Waals surface area contributed by atoms with Crippen LogP contribution in [0.15, 0.2) is 78.2 Å². The van der Waals surface area contributed by atoms with Crippen molar-refractivity contribution < 1.29 is 14.3 Å². The first-order valence-electron chi connectivity index (χ1n) is 12.2. The molecule has 6 N–H and O–H groups in total. The molecule has 0 radical (unpaired) electrons. The normalized spacial score (nSPS) is 11.6. The summed E-state index contributed by atoms with van der Waals surface area (Å²) in [6.45, 7) is 0.712. The third-order valence-corrected chi connectivity index (χ3v) is 6.06. The molecule has 2 amide bonds. The van der Waals surface area contributed by atoms with Gasteiger partial charge in [0.1, 0.15) is 11.8 Å². The molecule has 2 aromatic carbocycles. The molecule has 11 heteroatoms. The molecular weight excluding hydrogens is 518 g/mol. The summed E-state index contributed by atoms with van der Waals surface area (Å²) in [6.07, 6.45) is 5.69. The minimum atomic E-state index is -0.720. The van der Waals surface area contributed by atoms with E-state index in [0.29, 0.717) is 25.3 Å². The standard InChI is InChI=1S/C28H31N7O3.ClH/c1-38-22-9-10-25-23(14-22)24(17-32-25)27(33-15-19-5-7-20(8-6-19)16-35-29)28(37)34-18-26(36)31-13-11-21-4-2-3-12-30-21;/h2-10,12,14,16-17,27,32-33H,11,13,15,18,29H2,1H3,(H,31,36)(H,34,37);1H. The zero-order valence-corrected chi connectivity index (χ0v) is 22.3. The van der Waals surface area contributed by atoms with Gasteiger partial charge in [-0.2, -0.15) is 5.10 Å². The molecule has 1 unspecified atom stereocenters. The smallest absolute Gasteiger partial charge is 0.242 e. The Balaban J connectivity index is 0.00000420. The summed E-state index contributed by atoms with van der Waals surface area (Å²) in [4.78, 5) is 33.2. The van der Waals surface area contributed by atoms with Crippen LogP contribution in [0, 0.1) is 0 Å². The number of fused-ring (bicyclic) bond motifs is 1. The minimum Gasteiger partial charge on any atom is -0.497 e. The van der Waals surface area contributed by atoms with Gasteiger partial charge in [-0.3, -0.25) is 19.9 Å². The van der Waals surface area contributed by atoms with Crippen molar-refractivity contribution in [2.75, 3.05) is 20.2 Å². The van der Waals surface area contributed by atoms with Crippen LogP contribution in [0.4, 0.5) is 0 Å². The molecule has 2 heterocycles. The molecule has 0 saturated heterocycles. The van der Waals surface area contributed by atoms with Crippen LogP contribution in [0.3, 0.4) is 0 Å². The average Bonchev–Trinajstić information content (AvgIpc) is 3.36. The summed E-state index contributed by atoms with van der Waals surface area (Å²) < 4.78 is 5.38. The number of aromatic nitrogens is 2. The van der Waals surface area contributed by atoms with Gasteiger partial charge in [0.15, 0.2) is 0 Å². The number of halogens is 1. The Morgan fingerprint density at radius 2 is 1.95 bits per heavy atom. The first-order valence-corrected chi connectivity index (χ1v) is 12.2. The van der Waals surface area contributed by atoms with E-state index in [9.17, 15) is 9.59 Å². The Morgan fingerprint density at radius 1 is 1.13 bits per heavy atom. The number of nitrogens with one attached hydrogen (secondary N) is 4. The molecule has 0 aliphatic heterocycles. The van der Waals surface area contributed by atoms with E-state index in [2.05, 4.69) is 31.0 Å². The number of methoxy groups -OCH3 is 1. The fourth-order valence-electron chi connectivity index (χ4n) is 4.07. The molecule has 0 spiro atoms. The Bertz CT molecular complexity index is 1390. The molecule has 2 aromatic heterocycles. The van der Waals surface area contributed by atoms with Crippen LogP contribution in [-0.4, -0.2) is 48.2 Å². The average molecular weight is 550 g/mol. The van der Waals surface area contributed by atoms with Crippen molar-refractivity contribution in [3.63, 3.8) is 0 Å². The number of pyridine rings is 1. The van der Waals surface area contributed by atoms with Gasteiger partial charge in [-0.05, 0) is 41.5 Å². The number of hydrazone groups is 1. The molecule has 0 aliphatic carbocycles. The molecule has 4 rings (SSSR count). The maximum atomic E-state index is 13.4. The number of hydrogen-bond acceptors (Lipinski definition) is 7. The molecule has 0 saturated carbocycles. The number of hydrogen-bond donors (Lipinski definition) is 5. The highest BCUT2D eigenvalue weighted by Crippen LogP contribution is 2.28. The fourth-order valence-corrected chi connectivity index (χ4v) is 4.07. The number of ether oxygens (including phenoxy) is 1.